The molecule has 0 aromatic rings. The molecule has 1 atom stereocenters. The van der Waals surface area contributed by atoms with E-state index in [2.05, 4.69) is 32.9 Å². The van der Waals surface area contributed by atoms with Gasteiger partial charge in [0.2, 0.25) is 0 Å². The molecule has 0 radical (unpaired) electrons. The van der Waals surface area contributed by atoms with Crippen molar-refractivity contribution >= 4 is 17.9 Å². The average molecular weight is 1030 g/mol. The quantitative estimate of drug-likeness (QED) is 0.0261. The Bertz CT molecular complexity index is 1130. The number of hydrogen-bond donors (Lipinski definition) is 0. The fourth-order valence-corrected chi connectivity index (χ4v) is 10.3. The molecular weight excluding hydrogens is 901 g/mol. The predicted octanol–water partition coefficient (Wildman–Crippen LogP) is 22.4. The number of carbonyl (C=O) groups is 3. The van der Waals surface area contributed by atoms with Crippen LogP contribution in [0.3, 0.4) is 0 Å². The summed E-state index contributed by atoms with van der Waals surface area (Å²) in [6.07, 6.45) is 74.0. The maximum atomic E-state index is 12.8. The fraction of sp³-hybridized carbons (Fsp3) is 0.925. The zero-order chi connectivity index (χ0) is 52.9. The van der Waals surface area contributed by atoms with Crippen LogP contribution in [0.1, 0.15) is 380 Å². The standard InChI is InChI=1S/C67H128O6/c1-4-7-10-13-16-19-22-24-25-26-27-28-29-30-31-32-33-34-35-36-37-38-39-40-41-43-45-48-51-54-57-60-66(69)72-63-64(62-71-65(68)59-56-53-50-47-44-21-18-15-12-9-6-3)73-67(70)61-58-55-52-49-46-42-23-20-17-14-11-8-5-2/h20,23,64H,4-19,21-22,24-63H2,1-3H3/b23-20-. The van der Waals surface area contributed by atoms with Crippen LogP contribution in [0.5, 0.6) is 0 Å². The molecule has 0 spiro atoms. The van der Waals surface area contributed by atoms with Gasteiger partial charge in [-0.05, 0) is 44.9 Å². The van der Waals surface area contributed by atoms with Crippen molar-refractivity contribution in [1.29, 1.82) is 0 Å². The van der Waals surface area contributed by atoms with Crippen molar-refractivity contribution < 1.29 is 28.6 Å². The number of hydrogen-bond acceptors (Lipinski definition) is 6. The number of esters is 3. The molecule has 0 saturated carbocycles. The van der Waals surface area contributed by atoms with Crippen molar-refractivity contribution in [3.63, 3.8) is 0 Å². The molecule has 0 bridgehead atoms. The van der Waals surface area contributed by atoms with Crippen molar-refractivity contribution in [3.8, 4) is 0 Å². The van der Waals surface area contributed by atoms with Gasteiger partial charge in [0, 0.05) is 19.3 Å². The van der Waals surface area contributed by atoms with E-state index < -0.39 is 6.10 Å². The molecule has 0 rings (SSSR count). The minimum absolute atomic E-state index is 0.0674. The maximum Gasteiger partial charge on any atom is 0.306 e. The van der Waals surface area contributed by atoms with E-state index in [9.17, 15) is 14.4 Å². The van der Waals surface area contributed by atoms with Gasteiger partial charge in [-0.25, -0.2) is 0 Å². The first-order valence-corrected chi connectivity index (χ1v) is 33.2. The number of ether oxygens (including phenoxy) is 3. The van der Waals surface area contributed by atoms with Crippen LogP contribution in [-0.2, 0) is 28.6 Å². The third kappa shape index (κ3) is 60.9. The Hall–Kier alpha value is -1.85. The summed E-state index contributed by atoms with van der Waals surface area (Å²) in [4.78, 5) is 38.1. The molecule has 73 heavy (non-hydrogen) atoms. The van der Waals surface area contributed by atoms with E-state index in [1.54, 1.807) is 0 Å². The minimum atomic E-state index is -0.769. The first-order valence-electron chi connectivity index (χ1n) is 33.2. The Morgan fingerprint density at radius 1 is 0.260 bits per heavy atom. The summed E-state index contributed by atoms with van der Waals surface area (Å²) in [5.41, 5.74) is 0. The predicted molar refractivity (Wildman–Crippen MR) is 317 cm³/mol. The van der Waals surface area contributed by atoms with E-state index in [4.69, 9.17) is 14.2 Å². The highest BCUT2D eigenvalue weighted by Crippen LogP contribution is 2.19. The van der Waals surface area contributed by atoms with Gasteiger partial charge in [-0.2, -0.15) is 0 Å². The van der Waals surface area contributed by atoms with Crippen LogP contribution in [0.2, 0.25) is 0 Å². The minimum Gasteiger partial charge on any atom is -0.462 e. The van der Waals surface area contributed by atoms with E-state index >= 15 is 0 Å². The van der Waals surface area contributed by atoms with E-state index in [-0.39, 0.29) is 31.1 Å². The number of allylic oxidation sites excluding steroid dienone is 2. The summed E-state index contributed by atoms with van der Waals surface area (Å²) >= 11 is 0. The van der Waals surface area contributed by atoms with Crippen LogP contribution in [-0.4, -0.2) is 37.2 Å². The molecule has 0 aromatic heterocycles. The van der Waals surface area contributed by atoms with Crippen molar-refractivity contribution in [2.24, 2.45) is 0 Å². The molecule has 432 valence electrons. The topological polar surface area (TPSA) is 78.9 Å². The summed E-state index contributed by atoms with van der Waals surface area (Å²) in [7, 11) is 0. The lowest BCUT2D eigenvalue weighted by Gasteiger charge is -2.18. The molecule has 0 saturated heterocycles. The monoisotopic (exact) mass is 1030 g/mol. The van der Waals surface area contributed by atoms with Gasteiger partial charge in [0.25, 0.3) is 0 Å². The van der Waals surface area contributed by atoms with Crippen LogP contribution >= 0.6 is 0 Å². The highest BCUT2D eigenvalue weighted by molar-refractivity contribution is 5.71. The lowest BCUT2D eigenvalue weighted by atomic mass is 10.0. The summed E-state index contributed by atoms with van der Waals surface area (Å²) < 4.78 is 16.9. The van der Waals surface area contributed by atoms with Crippen LogP contribution in [0.4, 0.5) is 0 Å². The number of unbranched alkanes of at least 4 members (excludes halogenated alkanes) is 49. The Morgan fingerprint density at radius 2 is 0.452 bits per heavy atom. The van der Waals surface area contributed by atoms with Gasteiger partial charge in [-0.15, -0.1) is 0 Å². The molecule has 0 amide bonds. The summed E-state index contributed by atoms with van der Waals surface area (Å²) in [6, 6.07) is 0. The van der Waals surface area contributed by atoms with Gasteiger partial charge in [-0.3, -0.25) is 14.4 Å². The van der Waals surface area contributed by atoms with E-state index in [1.165, 1.54) is 276 Å². The van der Waals surface area contributed by atoms with Crippen LogP contribution in [0.25, 0.3) is 0 Å². The zero-order valence-corrected chi connectivity index (χ0v) is 49.7. The molecule has 0 aromatic carbocycles. The summed E-state index contributed by atoms with van der Waals surface area (Å²) in [5, 5.41) is 0. The Labute approximate surface area is 456 Å². The molecule has 6 nitrogen and oxygen atoms in total. The Morgan fingerprint density at radius 3 is 0.699 bits per heavy atom. The molecule has 0 fully saturated rings. The largest absolute Gasteiger partial charge is 0.462 e. The first kappa shape index (κ1) is 71.2. The molecule has 0 N–H and O–H groups in total. The third-order valence-corrected chi connectivity index (χ3v) is 15.3. The van der Waals surface area contributed by atoms with E-state index in [1.807, 2.05) is 0 Å². The molecule has 1 unspecified atom stereocenters. The molecule has 0 aliphatic heterocycles. The molecule has 6 heteroatoms. The highest BCUT2D eigenvalue weighted by atomic mass is 16.6. The highest BCUT2D eigenvalue weighted by Gasteiger charge is 2.19. The second kappa shape index (κ2) is 62.7. The third-order valence-electron chi connectivity index (χ3n) is 15.3. The van der Waals surface area contributed by atoms with Gasteiger partial charge in [-0.1, -0.05) is 328 Å². The Kier molecular flexibility index (Phi) is 61.1. The lowest BCUT2D eigenvalue weighted by Crippen LogP contribution is -2.30. The normalized spacial score (nSPS) is 12.0. The van der Waals surface area contributed by atoms with Crippen LogP contribution in [0, 0.1) is 0 Å². The van der Waals surface area contributed by atoms with E-state index in [0.717, 1.165) is 64.2 Å². The lowest BCUT2D eigenvalue weighted by molar-refractivity contribution is -0.167. The Balaban J connectivity index is 4.02. The van der Waals surface area contributed by atoms with Gasteiger partial charge in [0.15, 0.2) is 6.10 Å². The van der Waals surface area contributed by atoms with Gasteiger partial charge >= 0.3 is 17.9 Å². The average Bonchev–Trinajstić information content (AvgIpc) is 3.39. The molecular formula is C67H128O6. The zero-order valence-electron chi connectivity index (χ0n) is 49.7. The second-order valence-electron chi connectivity index (χ2n) is 22.7. The molecule has 0 heterocycles. The van der Waals surface area contributed by atoms with Gasteiger partial charge < -0.3 is 14.2 Å². The summed E-state index contributed by atoms with van der Waals surface area (Å²) in [6.45, 7) is 6.68. The van der Waals surface area contributed by atoms with Crippen molar-refractivity contribution in [2.75, 3.05) is 13.2 Å². The van der Waals surface area contributed by atoms with Crippen LogP contribution in [0.15, 0.2) is 12.2 Å². The van der Waals surface area contributed by atoms with E-state index in [0.29, 0.717) is 19.3 Å². The van der Waals surface area contributed by atoms with Crippen molar-refractivity contribution in [1.82, 2.24) is 0 Å². The summed E-state index contributed by atoms with van der Waals surface area (Å²) in [5.74, 6) is -0.851. The van der Waals surface area contributed by atoms with Crippen molar-refractivity contribution in [2.45, 2.75) is 386 Å². The first-order chi connectivity index (χ1) is 36.0. The SMILES string of the molecule is CCCCCC/C=C\CCCCCCCC(=O)OC(COC(=O)CCCCCCCCCCCCC)COC(=O)CCCCCCCCCCCCCCCCCCCCCCCCCCCCCCCCC. The second-order valence-corrected chi connectivity index (χ2v) is 22.7. The van der Waals surface area contributed by atoms with Gasteiger partial charge in [0.1, 0.15) is 13.2 Å². The van der Waals surface area contributed by atoms with Crippen molar-refractivity contribution in [3.05, 3.63) is 12.2 Å². The fourth-order valence-electron chi connectivity index (χ4n) is 10.3. The number of rotatable bonds is 62. The molecule has 0 aliphatic carbocycles. The van der Waals surface area contributed by atoms with Crippen LogP contribution < -0.4 is 0 Å². The number of carbonyl (C=O) groups excluding carboxylic acids is 3. The smallest absolute Gasteiger partial charge is 0.306 e. The van der Waals surface area contributed by atoms with Gasteiger partial charge in [0.05, 0.1) is 0 Å². The molecule has 0 aliphatic rings. The maximum absolute atomic E-state index is 12.8.